The van der Waals surface area contributed by atoms with Crippen molar-refractivity contribution in [2.75, 3.05) is 10.6 Å². The maximum Gasteiger partial charge on any atom is 0.255 e. The van der Waals surface area contributed by atoms with Gasteiger partial charge in [0.15, 0.2) is 5.82 Å². The lowest BCUT2D eigenvalue weighted by Gasteiger charge is -2.28. The Labute approximate surface area is 195 Å². The highest BCUT2D eigenvalue weighted by Gasteiger charge is 2.34. The van der Waals surface area contributed by atoms with E-state index in [1.807, 2.05) is 49.4 Å². The number of carbonyl (C=O) groups is 1. The number of nitrogens with one attached hydrogen (secondary N) is 2. The monoisotopic (exact) mass is 457 g/mol. The normalized spacial score (nSPS) is 15.0. The second-order valence-corrected chi connectivity index (χ2v) is 8.13. The highest BCUT2D eigenvalue weighted by Crippen LogP contribution is 2.37. The number of hydrogen-bond donors (Lipinski definition) is 3. The van der Waals surface area contributed by atoms with E-state index >= 15 is 0 Å². The predicted octanol–water partition coefficient (Wildman–Crippen LogP) is 5.23. The van der Waals surface area contributed by atoms with Gasteiger partial charge in [0.25, 0.3) is 5.91 Å². The van der Waals surface area contributed by atoms with E-state index in [2.05, 4.69) is 15.6 Å². The van der Waals surface area contributed by atoms with Gasteiger partial charge in [0.1, 0.15) is 11.8 Å². The van der Waals surface area contributed by atoms with Crippen molar-refractivity contribution in [1.29, 1.82) is 0 Å². The Morgan fingerprint density at radius 2 is 1.82 bits per heavy atom. The van der Waals surface area contributed by atoms with E-state index in [0.717, 1.165) is 11.1 Å². The van der Waals surface area contributed by atoms with Crippen LogP contribution in [0.1, 0.15) is 18.5 Å². The first-order chi connectivity index (χ1) is 16.0. The summed E-state index contributed by atoms with van der Waals surface area (Å²) in [6.07, 6.45) is 0. The van der Waals surface area contributed by atoms with Gasteiger partial charge >= 0.3 is 0 Å². The van der Waals surface area contributed by atoms with Crippen LogP contribution in [0.4, 0.5) is 11.6 Å². The van der Waals surface area contributed by atoms with Crippen molar-refractivity contribution in [2.24, 2.45) is 0 Å². The highest BCUT2D eigenvalue weighted by atomic mass is 35.5. The first-order valence-electron chi connectivity index (χ1n) is 10.4. The summed E-state index contributed by atoms with van der Waals surface area (Å²) in [7, 11) is 0. The van der Waals surface area contributed by atoms with Crippen LogP contribution >= 0.6 is 11.6 Å². The molecule has 0 fully saturated rings. The summed E-state index contributed by atoms with van der Waals surface area (Å²) in [5.74, 6) is 0.884. The van der Waals surface area contributed by atoms with Gasteiger partial charge in [0.05, 0.1) is 5.57 Å². The van der Waals surface area contributed by atoms with Crippen molar-refractivity contribution < 1.29 is 9.90 Å². The molecule has 7 nitrogen and oxygen atoms in total. The van der Waals surface area contributed by atoms with Crippen LogP contribution in [0.15, 0.2) is 90.1 Å². The molecule has 0 spiro atoms. The number of para-hydroxylation sites is 1. The molecule has 1 atom stereocenters. The minimum absolute atomic E-state index is 0.141. The Hall–Kier alpha value is -4.10. The second-order valence-electron chi connectivity index (χ2n) is 7.69. The standard InChI is InChI=1S/C25H20ClN5O2/c1-15-21(24(33)28-19-8-3-2-4-9-19)22(16-10-12-20(32)13-11-16)31-25(27-15)29-23(30-31)17-6-5-7-18(26)14-17/h2-14,22,32H,1H3,(H,28,33)(H,27,29,30). The zero-order valence-electron chi connectivity index (χ0n) is 17.7. The molecule has 164 valence electrons. The van der Waals surface area contributed by atoms with Crippen molar-refractivity contribution in [3.63, 3.8) is 0 Å². The quantitative estimate of drug-likeness (QED) is 0.390. The van der Waals surface area contributed by atoms with Crippen LogP contribution in [0, 0.1) is 0 Å². The number of benzene rings is 3. The van der Waals surface area contributed by atoms with Crippen LogP contribution in [0.3, 0.4) is 0 Å². The molecule has 0 aliphatic carbocycles. The molecule has 1 aromatic heterocycles. The third-order valence-corrected chi connectivity index (χ3v) is 5.66. The van der Waals surface area contributed by atoms with E-state index < -0.39 is 6.04 Å². The van der Waals surface area contributed by atoms with Crippen molar-refractivity contribution >= 4 is 29.1 Å². The molecule has 3 aromatic carbocycles. The lowest BCUT2D eigenvalue weighted by atomic mass is 9.95. The van der Waals surface area contributed by atoms with E-state index in [0.29, 0.717) is 33.8 Å². The van der Waals surface area contributed by atoms with Crippen LogP contribution < -0.4 is 10.6 Å². The van der Waals surface area contributed by atoms with Gasteiger partial charge in [-0.2, -0.15) is 4.98 Å². The molecule has 0 saturated heterocycles. The predicted molar refractivity (Wildman–Crippen MR) is 128 cm³/mol. The molecular formula is C25H20ClN5O2. The number of phenols is 1. The van der Waals surface area contributed by atoms with E-state index in [-0.39, 0.29) is 11.7 Å². The summed E-state index contributed by atoms with van der Waals surface area (Å²) in [6, 6.07) is 22.8. The largest absolute Gasteiger partial charge is 0.508 e. The number of rotatable bonds is 4. The van der Waals surface area contributed by atoms with Gasteiger partial charge in [-0.05, 0) is 48.9 Å². The molecule has 0 bridgehead atoms. The van der Waals surface area contributed by atoms with E-state index in [1.165, 1.54) is 0 Å². The number of hydrogen-bond acceptors (Lipinski definition) is 5. The zero-order valence-corrected chi connectivity index (χ0v) is 18.4. The number of phenolic OH excluding ortho intramolecular Hbond substituents is 1. The molecule has 1 aliphatic rings. The Morgan fingerprint density at radius 3 is 2.55 bits per heavy atom. The first-order valence-corrected chi connectivity index (χ1v) is 10.7. The third kappa shape index (κ3) is 4.06. The average molecular weight is 458 g/mol. The summed E-state index contributed by atoms with van der Waals surface area (Å²) >= 11 is 6.16. The van der Waals surface area contributed by atoms with Gasteiger partial charge in [-0.3, -0.25) is 4.79 Å². The number of amides is 1. The average Bonchev–Trinajstić information content (AvgIpc) is 3.23. The lowest BCUT2D eigenvalue weighted by Crippen LogP contribution is -2.31. The zero-order chi connectivity index (χ0) is 22.9. The number of anilines is 2. The number of halogens is 1. The molecule has 3 N–H and O–H groups in total. The number of fused-ring (bicyclic) bond motifs is 1. The lowest BCUT2D eigenvalue weighted by molar-refractivity contribution is -0.113. The van der Waals surface area contributed by atoms with E-state index in [1.54, 1.807) is 41.1 Å². The summed E-state index contributed by atoms with van der Waals surface area (Å²) in [5.41, 5.74) is 3.41. The van der Waals surface area contributed by atoms with Crippen LogP contribution in [0.5, 0.6) is 5.75 Å². The molecular weight excluding hydrogens is 438 g/mol. The molecule has 5 rings (SSSR count). The maximum atomic E-state index is 13.4. The highest BCUT2D eigenvalue weighted by molar-refractivity contribution is 6.30. The second kappa shape index (κ2) is 8.44. The van der Waals surface area contributed by atoms with Crippen LogP contribution in [0.25, 0.3) is 11.4 Å². The summed E-state index contributed by atoms with van der Waals surface area (Å²) in [6.45, 7) is 1.84. The Bertz CT molecular complexity index is 1360. The third-order valence-electron chi connectivity index (χ3n) is 5.42. The van der Waals surface area contributed by atoms with Crippen molar-refractivity contribution in [2.45, 2.75) is 13.0 Å². The smallest absolute Gasteiger partial charge is 0.255 e. The molecule has 0 saturated carbocycles. The van der Waals surface area contributed by atoms with Crippen LogP contribution in [-0.4, -0.2) is 25.8 Å². The van der Waals surface area contributed by atoms with Crippen molar-refractivity contribution in [3.05, 3.63) is 101 Å². The van der Waals surface area contributed by atoms with Gasteiger partial charge in [-0.15, -0.1) is 5.10 Å². The fourth-order valence-electron chi connectivity index (χ4n) is 3.88. The summed E-state index contributed by atoms with van der Waals surface area (Å²) in [4.78, 5) is 18.1. The van der Waals surface area contributed by atoms with Gasteiger partial charge < -0.3 is 15.7 Å². The number of aromatic hydroxyl groups is 1. The minimum atomic E-state index is -0.550. The molecule has 0 radical (unpaired) electrons. The fourth-order valence-corrected chi connectivity index (χ4v) is 4.07. The minimum Gasteiger partial charge on any atom is -0.508 e. The first kappa shape index (κ1) is 20.8. The van der Waals surface area contributed by atoms with E-state index in [9.17, 15) is 9.90 Å². The molecule has 1 aliphatic heterocycles. The summed E-state index contributed by atoms with van der Waals surface area (Å²) < 4.78 is 1.69. The number of aromatic nitrogens is 3. The number of allylic oxidation sites excluding steroid dienone is 1. The molecule has 33 heavy (non-hydrogen) atoms. The fraction of sp³-hybridized carbons (Fsp3) is 0.0800. The van der Waals surface area contributed by atoms with Crippen molar-refractivity contribution in [3.8, 4) is 17.1 Å². The van der Waals surface area contributed by atoms with Crippen molar-refractivity contribution in [1.82, 2.24) is 14.8 Å². The van der Waals surface area contributed by atoms with Gasteiger partial charge in [-0.25, -0.2) is 4.68 Å². The molecule has 1 unspecified atom stereocenters. The Morgan fingerprint density at radius 1 is 1.06 bits per heavy atom. The maximum absolute atomic E-state index is 13.4. The Balaban J connectivity index is 1.61. The van der Waals surface area contributed by atoms with Crippen LogP contribution in [-0.2, 0) is 4.79 Å². The summed E-state index contributed by atoms with van der Waals surface area (Å²) in [5, 5.41) is 21.3. The number of carbonyl (C=O) groups excluding carboxylic acids is 1. The SMILES string of the molecule is CC1=C(C(=O)Nc2ccccc2)C(c2ccc(O)cc2)n2nc(-c3cccc(Cl)c3)nc2N1. The van der Waals surface area contributed by atoms with Gasteiger partial charge in [0, 0.05) is 22.0 Å². The number of nitrogens with zero attached hydrogens (tertiary/aromatic N) is 3. The van der Waals surface area contributed by atoms with Gasteiger partial charge in [0.2, 0.25) is 5.95 Å². The molecule has 1 amide bonds. The molecule has 8 heteroatoms. The topological polar surface area (TPSA) is 92.1 Å². The molecule has 2 heterocycles. The van der Waals surface area contributed by atoms with Gasteiger partial charge in [-0.1, -0.05) is 54.1 Å². The Kier molecular flexibility index (Phi) is 5.32. The van der Waals surface area contributed by atoms with E-state index in [4.69, 9.17) is 16.7 Å². The van der Waals surface area contributed by atoms with Crippen LogP contribution in [0.2, 0.25) is 5.02 Å². The molecule has 4 aromatic rings.